The van der Waals surface area contributed by atoms with Gasteiger partial charge in [0, 0.05) is 36.4 Å². The second kappa shape index (κ2) is 7.41. The van der Waals surface area contributed by atoms with Crippen molar-refractivity contribution < 1.29 is 5.11 Å². The number of nitrogens with zero attached hydrogens (tertiary/aromatic N) is 1. The van der Waals surface area contributed by atoms with E-state index in [1.165, 1.54) is 0 Å². The molecule has 0 amide bonds. The van der Waals surface area contributed by atoms with Crippen LogP contribution >= 0.6 is 12.4 Å². The Labute approximate surface area is 110 Å². The predicted octanol–water partition coefficient (Wildman–Crippen LogP) is 3.07. The number of anilines is 1. The summed E-state index contributed by atoms with van der Waals surface area (Å²) < 4.78 is 0. The van der Waals surface area contributed by atoms with Crippen LogP contribution in [0.1, 0.15) is 38.8 Å². The molecule has 0 heterocycles. The summed E-state index contributed by atoms with van der Waals surface area (Å²) in [5.41, 5.74) is 7.80. The van der Waals surface area contributed by atoms with Crippen LogP contribution in [0.3, 0.4) is 0 Å². The Morgan fingerprint density at radius 1 is 1.24 bits per heavy atom. The maximum absolute atomic E-state index is 9.93. The van der Waals surface area contributed by atoms with E-state index in [1.807, 2.05) is 19.1 Å². The molecule has 1 rings (SSSR count). The van der Waals surface area contributed by atoms with E-state index in [9.17, 15) is 5.11 Å². The largest absolute Gasteiger partial charge is 0.508 e. The predicted molar refractivity (Wildman–Crippen MR) is 76.1 cm³/mol. The third-order valence-electron chi connectivity index (χ3n) is 2.98. The molecule has 0 bridgehead atoms. The van der Waals surface area contributed by atoms with Gasteiger partial charge in [-0.05, 0) is 26.3 Å². The topological polar surface area (TPSA) is 49.5 Å². The number of phenols is 1. The van der Waals surface area contributed by atoms with Gasteiger partial charge in [-0.15, -0.1) is 12.4 Å². The van der Waals surface area contributed by atoms with E-state index < -0.39 is 0 Å². The van der Waals surface area contributed by atoms with Crippen molar-refractivity contribution in [1.82, 2.24) is 0 Å². The second-order valence-corrected chi connectivity index (χ2v) is 3.93. The third-order valence-corrected chi connectivity index (χ3v) is 2.98. The third kappa shape index (κ3) is 3.79. The van der Waals surface area contributed by atoms with Crippen LogP contribution in [0.2, 0.25) is 0 Å². The summed E-state index contributed by atoms with van der Waals surface area (Å²) in [4.78, 5) is 2.20. The van der Waals surface area contributed by atoms with Crippen molar-refractivity contribution in [1.29, 1.82) is 0 Å². The van der Waals surface area contributed by atoms with Crippen LogP contribution in [0.4, 0.5) is 5.69 Å². The van der Waals surface area contributed by atoms with Crippen molar-refractivity contribution in [3.05, 3.63) is 23.8 Å². The highest BCUT2D eigenvalue weighted by molar-refractivity contribution is 5.85. The van der Waals surface area contributed by atoms with E-state index in [4.69, 9.17) is 5.73 Å². The molecule has 1 aromatic carbocycles. The smallest absolute Gasteiger partial charge is 0.122 e. The van der Waals surface area contributed by atoms with Crippen molar-refractivity contribution in [3.63, 3.8) is 0 Å². The first-order valence-electron chi connectivity index (χ1n) is 5.97. The van der Waals surface area contributed by atoms with Gasteiger partial charge in [-0.3, -0.25) is 0 Å². The van der Waals surface area contributed by atoms with E-state index in [0.717, 1.165) is 30.8 Å². The Kier molecular flexibility index (Phi) is 7.00. The number of hydrogen-bond acceptors (Lipinski definition) is 3. The fourth-order valence-corrected chi connectivity index (χ4v) is 1.85. The number of phenolic OH excluding ortho intramolecular Hbond substituents is 1. The molecule has 3 N–H and O–H groups in total. The number of halogens is 1. The molecule has 1 aromatic rings. The quantitative estimate of drug-likeness (QED) is 0.853. The lowest BCUT2D eigenvalue weighted by atomic mass is 10.0. The molecule has 98 valence electrons. The van der Waals surface area contributed by atoms with Gasteiger partial charge in [0.25, 0.3) is 0 Å². The summed E-state index contributed by atoms with van der Waals surface area (Å²) in [7, 11) is 0. The van der Waals surface area contributed by atoms with E-state index in [2.05, 4.69) is 18.7 Å². The van der Waals surface area contributed by atoms with Crippen LogP contribution in [0.25, 0.3) is 0 Å². The molecule has 3 nitrogen and oxygen atoms in total. The fraction of sp³-hybridized carbons (Fsp3) is 0.538. The zero-order valence-electron chi connectivity index (χ0n) is 10.8. The summed E-state index contributed by atoms with van der Waals surface area (Å²) in [6, 6.07) is 5.68. The lowest BCUT2D eigenvalue weighted by Crippen LogP contribution is -2.21. The van der Waals surface area contributed by atoms with Crippen molar-refractivity contribution >= 4 is 18.1 Å². The zero-order valence-corrected chi connectivity index (χ0v) is 11.6. The molecule has 0 radical (unpaired) electrons. The Hall–Kier alpha value is -0.930. The molecule has 0 saturated heterocycles. The summed E-state index contributed by atoms with van der Waals surface area (Å²) in [5, 5.41) is 9.93. The second-order valence-electron chi connectivity index (χ2n) is 3.93. The highest BCUT2D eigenvalue weighted by Crippen LogP contribution is 2.29. The Bertz CT molecular complexity index is 340. The molecule has 0 unspecified atom stereocenters. The molecule has 0 aromatic heterocycles. The van der Waals surface area contributed by atoms with E-state index in [0.29, 0.717) is 5.75 Å². The molecule has 0 spiro atoms. The number of rotatable bonds is 5. The molecule has 1 atom stereocenters. The van der Waals surface area contributed by atoms with E-state index >= 15 is 0 Å². The Morgan fingerprint density at radius 2 is 1.82 bits per heavy atom. The molecule has 0 aliphatic heterocycles. The van der Waals surface area contributed by atoms with Crippen molar-refractivity contribution in [3.8, 4) is 5.75 Å². The molecule has 0 fully saturated rings. The SMILES string of the molecule is CC[C@H](N)c1ccc(N(CC)CC)cc1O.Cl. The van der Waals surface area contributed by atoms with Crippen LogP contribution in [0.5, 0.6) is 5.75 Å². The molecular formula is C13H23ClN2O. The van der Waals surface area contributed by atoms with Crippen LogP contribution in [-0.2, 0) is 0 Å². The molecule has 4 heteroatoms. The minimum Gasteiger partial charge on any atom is -0.508 e. The lowest BCUT2D eigenvalue weighted by molar-refractivity contribution is 0.460. The fourth-order valence-electron chi connectivity index (χ4n) is 1.85. The van der Waals surface area contributed by atoms with Gasteiger partial charge in [-0.2, -0.15) is 0 Å². The normalized spacial score (nSPS) is 11.8. The first-order chi connectivity index (χ1) is 7.63. The van der Waals surface area contributed by atoms with Crippen molar-refractivity contribution in [2.24, 2.45) is 5.73 Å². The molecule has 17 heavy (non-hydrogen) atoms. The number of nitrogens with two attached hydrogens (primary N) is 1. The summed E-state index contributed by atoms with van der Waals surface area (Å²) in [5.74, 6) is 0.304. The van der Waals surface area contributed by atoms with Crippen LogP contribution in [-0.4, -0.2) is 18.2 Å². The number of benzene rings is 1. The van der Waals surface area contributed by atoms with Crippen LogP contribution in [0.15, 0.2) is 18.2 Å². The number of hydrogen-bond donors (Lipinski definition) is 2. The van der Waals surface area contributed by atoms with Gasteiger partial charge < -0.3 is 15.7 Å². The lowest BCUT2D eigenvalue weighted by Gasteiger charge is -2.22. The number of aromatic hydroxyl groups is 1. The Morgan fingerprint density at radius 3 is 2.24 bits per heavy atom. The highest BCUT2D eigenvalue weighted by Gasteiger charge is 2.11. The van der Waals surface area contributed by atoms with Crippen molar-refractivity contribution in [2.45, 2.75) is 33.2 Å². The van der Waals surface area contributed by atoms with E-state index in [-0.39, 0.29) is 18.4 Å². The summed E-state index contributed by atoms with van der Waals surface area (Å²) >= 11 is 0. The monoisotopic (exact) mass is 258 g/mol. The van der Waals surface area contributed by atoms with Gasteiger partial charge in [0.1, 0.15) is 5.75 Å². The average Bonchev–Trinajstić information content (AvgIpc) is 2.30. The van der Waals surface area contributed by atoms with Gasteiger partial charge in [0.15, 0.2) is 0 Å². The van der Waals surface area contributed by atoms with Crippen LogP contribution in [0, 0.1) is 0 Å². The van der Waals surface area contributed by atoms with Crippen LogP contribution < -0.4 is 10.6 Å². The molecule has 0 saturated carbocycles. The van der Waals surface area contributed by atoms with Gasteiger partial charge in [0.2, 0.25) is 0 Å². The first-order valence-corrected chi connectivity index (χ1v) is 5.97. The summed E-state index contributed by atoms with van der Waals surface area (Å²) in [6.07, 6.45) is 0.832. The maximum atomic E-state index is 9.93. The molecular weight excluding hydrogens is 236 g/mol. The highest BCUT2D eigenvalue weighted by atomic mass is 35.5. The van der Waals surface area contributed by atoms with E-state index in [1.54, 1.807) is 6.07 Å². The zero-order chi connectivity index (χ0) is 12.1. The average molecular weight is 259 g/mol. The summed E-state index contributed by atoms with van der Waals surface area (Å²) in [6.45, 7) is 8.10. The molecule has 0 aliphatic carbocycles. The van der Waals surface area contributed by atoms with Gasteiger partial charge in [-0.25, -0.2) is 0 Å². The minimum absolute atomic E-state index is 0. The minimum atomic E-state index is -0.0780. The standard InChI is InChI=1S/C13H22N2O.ClH/c1-4-12(14)11-8-7-10(9-13(11)16)15(5-2)6-3;/h7-9,12,16H,4-6,14H2,1-3H3;1H/t12-;/m0./s1. The molecule has 0 aliphatic rings. The van der Waals surface area contributed by atoms with Gasteiger partial charge >= 0.3 is 0 Å². The maximum Gasteiger partial charge on any atom is 0.122 e. The van der Waals surface area contributed by atoms with Gasteiger partial charge in [-0.1, -0.05) is 13.0 Å². The first kappa shape index (κ1) is 16.1. The van der Waals surface area contributed by atoms with Crippen molar-refractivity contribution in [2.75, 3.05) is 18.0 Å². The van der Waals surface area contributed by atoms with Gasteiger partial charge in [0.05, 0.1) is 0 Å². The Balaban J connectivity index is 0.00000256.